The smallest absolute Gasteiger partial charge is 0.286 e. The first-order chi connectivity index (χ1) is 12.1. The Bertz CT molecular complexity index is 898. The van der Waals surface area contributed by atoms with Crippen molar-refractivity contribution in [3.05, 3.63) is 51.0 Å². The Morgan fingerprint density at radius 2 is 1.96 bits per heavy atom. The lowest BCUT2D eigenvalue weighted by atomic mass is 10.2. The van der Waals surface area contributed by atoms with Gasteiger partial charge in [-0.2, -0.15) is 4.99 Å². The molecule has 1 saturated heterocycles. The van der Waals surface area contributed by atoms with Crippen molar-refractivity contribution in [3.8, 4) is 11.3 Å². The zero-order chi connectivity index (χ0) is 17.4. The van der Waals surface area contributed by atoms with Gasteiger partial charge in [0.1, 0.15) is 11.5 Å². The van der Waals surface area contributed by atoms with Crippen LogP contribution in [0.15, 0.2) is 44.6 Å². The Hall–Kier alpha value is -1.69. The van der Waals surface area contributed by atoms with E-state index in [1.807, 2.05) is 6.07 Å². The number of amidine groups is 1. The number of halogens is 2. The molecule has 0 spiro atoms. The average molecular weight is 393 g/mol. The van der Waals surface area contributed by atoms with Crippen molar-refractivity contribution < 1.29 is 9.21 Å². The Kier molecular flexibility index (Phi) is 4.63. The fourth-order valence-electron chi connectivity index (χ4n) is 2.83. The molecule has 25 heavy (non-hydrogen) atoms. The lowest BCUT2D eigenvalue weighted by Gasteiger charge is -2.14. The number of furan rings is 1. The first kappa shape index (κ1) is 16.8. The molecule has 0 saturated carbocycles. The van der Waals surface area contributed by atoms with Crippen LogP contribution >= 0.6 is 35.0 Å². The number of likely N-dealkylation sites (tertiary alicyclic amines) is 1. The second-order valence-electron chi connectivity index (χ2n) is 5.83. The minimum atomic E-state index is -0.217. The number of hydrogen-bond acceptors (Lipinski definition) is 4. The van der Waals surface area contributed by atoms with Gasteiger partial charge in [0, 0.05) is 29.8 Å². The molecule has 0 aliphatic carbocycles. The van der Waals surface area contributed by atoms with Crippen LogP contribution in [-0.2, 0) is 4.79 Å². The van der Waals surface area contributed by atoms with E-state index in [1.54, 1.807) is 30.3 Å². The molecule has 4 nitrogen and oxygen atoms in total. The van der Waals surface area contributed by atoms with E-state index < -0.39 is 0 Å². The van der Waals surface area contributed by atoms with Crippen LogP contribution in [0.4, 0.5) is 0 Å². The van der Waals surface area contributed by atoms with Gasteiger partial charge >= 0.3 is 0 Å². The Morgan fingerprint density at radius 3 is 2.76 bits per heavy atom. The van der Waals surface area contributed by atoms with Crippen molar-refractivity contribution in [3.63, 3.8) is 0 Å². The molecule has 128 valence electrons. The highest BCUT2D eigenvalue weighted by Gasteiger charge is 2.27. The van der Waals surface area contributed by atoms with E-state index >= 15 is 0 Å². The quantitative estimate of drug-likeness (QED) is 0.648. The van der Waals surface area contributed by atoms with E-state index in [9.17, 15) is 4.79 Å². The number of aliphatic imine (C=N–C) groups is 1. The number of hydrogen-bond donors (Lipinski definition) is 0. The predicted octanol–water partition coefficient (Wildman–Crippen LogP) is 5.32. The van der Waals surface area contributed by atoms with Crippen molar-refractivity contribution in [2.24, 2.45) is 4.99 Å². The van der Waals surface area contributed by atoms with Crippen LogP contribution in [0.5, 0.6) is 0 Å². The summed E-state index contributed by atoms with van der Waals surface area (Å²) in [6.45, 7) is 1.93. The molecule has 1 amide bonds. The molecule has 0 N–H and O–H groups in total. The van der Waals surface area contributed by atoms with Gasteiger partial charge in [0.25, 0.3) is 5.91 Å². The molecule has 0 bridgehead atoms. The molecule has 4 rings (SSSR count). The summed E-state index contributed by atoms with van der Waals surface area (Å²) >= 11 is 13.6. The van der Waals surface area contributed by atoms with Gasteiger partial charge in [0.15, 0.2) is 5.17 Å². The van der Waals surface area contributed by atoms with E-state index in [2.05, 4.69) is 9.89 Å². The fourth-order valence-corrected chi connectivity index (χ4v) is 4.16. The third kappa shape index (κ3) is 3.50. The number of nitrogens with zero attached hydrogens (tertiary/aromatic N) is 2. The van der Waals surface area contributed by atoms with Gasteiger partial charge in [-0.3, -0.25) is 4.79 Å². The summed E-state index contributed by atoms with van der Waals surface area (Å²) < 4.78 is 5.83. The summed E-state index contributed by atoms with van der Waals surface area (Å²) in [5, 5.41) is 1.93. The summed E-state index contributed by atoms with van der Waals surface area (Å²) in [7, 11) is 0. The summed E-state index contributed by atoms with van der Waals surface area (Å²) in [4.78, 5) is 19.0. The first-order valence-corrected chi connectivity index (χ1v) is 9.50. The van der Waals surface area contributed by atoms with Gasteiger partial charge in [-0.05, 0) is 54.9 Å². The maximum atomic E-state index is 12.1. The lowest BCUT2D eigenvalue weighted by molar-refractivity contribution is -0.113. The molecule has 1 fully saturated rings. The van der Waals surface area contributed by atoms with Gasteiger partial charge in [0.2, 0.25) is 0 Å². The summed E-state index contributed by atoms with van der Waals surface area (Å²) in [6.07, 6.45) is 4.02. The van der Waals surface area contributed by atoms with Gasteiger partial charge < -0.3 is 9.32 Å². The number of rotatable bonds is 2. The molecule has 2 aliphatic heterocycles. The van der Waals surface area contributed by atoms with Crippen LogP contribution in [0, 0.1) is 0 Å². The molecule has 2 aliphatic rings. The van der Waals surface area contributed by atoms with Crippen molar-refractivity contribution in [1.82, 2.24) is 4.90 Å². The van der Waals surface area contributed by atoms with Gasteiger partial charge in [-0.25, -0.2) is 0 Å². The van der Waals surface area contributed by atoms with E-state index in [4.69, 9.17) is 27.6 Å². The molecule has 3 heterocycles. The first-order valence-electron chi connectivity index (χ1n) is 7.93. The highest BCUT2D eigenvalue weighted by molar-refractivity contribution is 8.18. The molecule has 2 aromatic rings. The number of benzene rings is 1. The van der Waals surface area contributed by atoms with Crippen molar-refractivity contribution >= 4 is 52.1 Å². The van der Waals surface area contributed by atoms with Gasteiger partial charge in [-0.15, -0.1) is 0 Å². The van der Waals surface area contributed by atoms with E-state index in [0.29, 0.717) is 26.5 Å². The molecule has 0 atom stereocenters. The summed E-state index contributed by atoms with van der Waals surface area (Å²) in [5.74, 6) is 0.973. The van der Waals surface area contributed by atoms with Crippen LogP contribution in [0.25, 0.3) is 17.4 Å². The van der Waals surface area contributed by atoms with Crippen molar-refractivity contribution in [1.29, 1.82) is 0 Å². The number of carbonyl (C=O) groups is 1. The minimum absolute atomic E-state index is 0.217. The Morgan fingerprint density at radius 1 is 1.16 bits per heavy atom. The SMILES string of the molecule is O=C1N=C(N2CCCC2)S/C1=C/c1ccc(-c2cc(Cl)ccc2Cl)o1. The average Bonchev–Trinajstić information content (AvgIpc) is 3.32. The van der Waals surface area contributed by atoms with Crippen LogP contribution < -0.4 is 0 Å². The van der Waals surface area contributed by atoms with Gasteiger partial charge in [0.05, 0.1) is 9.93 Å². The molecular weight excluding hydrogens is 379 g/mol. The predicted molar refractivity (Wildman–Crippen MR) is 103 cm³/mol. The third-order valence-corrected chi connectivity index (χ3v) is 5.69. The molecule has 1 aromatic carbocycles. The lowest BCUT2D eigenvalue weighted by Crippen LogP contribution is -2.23. The summed E-state index contributed by atoms with van der Waals surface area (Å²) in [6, 6.07) is 8.83. The Balaban J connectivity index is 1.56. The van der Waals surface area contributed by atoms with E-state index in [1.165, 1.54) is 11.8 Å². The van der Waals surface area contributed by atoms with Crippen LogP contribution in [0.3, 0.4) is 0 Å². The number of thioether (sulfide) groups is 1. The van der Waals surface area contributed by atoms with E-state index in [0.717, 1.165) is 36.7 Å². The number of carbonyl (C=O) groups excluding carboxylic acids is 1. The zero-order valence-corrected chi connectivity index (χ0v) is 15.5. The van der Waals surface area contributed by atoms with Crippen LogP contribution in [0.2, 0.25) is 10.0 Å². The third-order valence-electron chi connectivity index (χ3n) is 4.08. The molecule has 7 heteroatoms. The Labute approximate surface area is 159 Å². The molecular formula is C18H14Cl2N2O2S. The summed E-state index contributed by atoms with van der Waals surface area (Å²) in [5.41, 5.74) is 0.721. The maximum absolute atomic E-state index is 12.1. The van der Waals surface area contributed by atoms with Crippen molar-refractivity contribution in [2.45, 2.75) is 12.8 Å². The maximum Gasteiger partial charge on any atom is 0.286 e. The fraction of sp³-hybridized carbons (Fsp3) is 0.222. The number of amides is 1. The largest absolute Gasteiger partial charge is 0.457 e. The molecule has 0 unspecified atom stereocenters. The standard InChI is InChI=1S/C18H14Cl2N2O2S/c19-11-3-5-14(20)13(9-11)15-6-4-12(24-15)10-16-17(23)21-18(25-16)22-7-1-2-8-22/h3-6,9-10H,1-2,7-8H2/b16-10+. The highest BCUT2D eigenvalue weighted by atomic mass is 35.5. The zero-order valence-electron chi connectivity index (χ0n) is 13.2. The van der Waals surface area contributed by atoms with Gasteiger partial charge in [-0.1, -0.05) is 23.2 Å². The topological polar surface area (TPSA) is 45.8 Å². The molecule has 1 aromatic heterocycles. The normalized spacial score (nSPS) is 19.1. The van der Waals surface area contributed by atoms with Crippen LogP contribution in [-0.4, -0.2) is 29.1 Å². The van der Waals surface area contributed by atoms with Crippen LogP contribution in [0.1, 0.15) is 18.6 Å². The highest BCUT2D eigenvalue weighted by Crippen LogP contribution is 2.35. The van der Waals surface area contributed by atoms with E-state index in [-0.39, 0.29) is 5.91 Å². The minimum Gasteiger partial charge on any atom is -0.457 e. The second kappa shape index (κ2) is 6.90. The van der Waals surface area contributed by atoms with Crippen molar-refractivity contribution in [2.75, 3.05) is 13.1 Å². The monoisotopic (exact) mass is 392 g/mol. The second-order valence-corrected chi connectivity index (χ2v) is 7.68. The molecule has 0 radical (unpaired) electrons.